The lowest BCUT2D eigenvalue weighted by Crippen LogP contribution is -2.50. The van der Waals surface area contributed by atoms with Crippen LogP contribution in [0.15, 0.2) is 48.9 Å². The van der Waals surface area contributed by atoms with E-state index in [1.165, 1.54) is 12.0 Å². The third-order valence-corrected chi connectivity index (χ3v) is 7.14. The number of anilines is 2. The standard InChI is InChI=1S/C26H30N8O/c1-32-17-21(15-28-32)20-5-6-22-23(14-20)30-26(29-22)31-24-13-18(7-8-27-24)16-33-9-11-34(12-10-33)25(35)19-3-2-4-19/h5-8,13-15,17,19H,2-4,9-12,16H2,1H3,(H2,27,29,30,31). The van der Waals surface area contributed by atoms with Crippen molar-refractivity contribution in [1.29, 1.82) is 0 Å². The minimum atomic E-state index is 0.288. The van der Waals surface area contributed by atoms with E-state index in [-0.39, 0.29) is 5.92 Å². The van der Waals surface area contributed by atoms with Crippen molar-refractivity contribution in [2.45, 2.75) is 25.8 Å². The van der Waals surface area contributed by atoms with E-state index in [9.17, 15) is 4.79 Å². The Hall–Kier alpha value is -3.72. The van der Waals surface area contributed by atoms with Gasteiger partial charge >= 0.3 is 0 Å². The van der Waals surface area contributed by atoms with Gasteiger partial charge in [0.1, 0.15) is 5.82 Å². The number of rotatable bonds is 6. The molecule has 1 aliphatic carbocycles. The Labute approximate surface area is 204 Å². The minimum Gasteiger partial charge on any atom is -0.340 e. The summed E-state index contributed by atoms with van der Waals surface area (Å²) in [6.07, 6.45) is 9.04. The summed E-state index contributed by atoms with van der Waals surface area (Å²) in [5.41, 5.74) is 5.21. The summed E-state index contributed by atoms with van der Waals surface area (Å²) in [6, 6.07) is 10.3. The first-order valence-corrected chi connectivity index (χ1v) is 12.3. The number of benzene rings is 1. The molecule has 2 N–H and O–H groups in total. The van der Waals surface area contributed by atoms with Gasteiger partial charge in [0.2, 0.25) is 11.9 Å². The van der Waals surface area contributed by atoms with E-state index < -0.39 is 0 Å². The molecule has 2 fully saturated rings. The van der Waals surface area contributed by atoms with E-state index in [0.29, 0.717) is 11.9 Å². The summed E-state index contributed by atoms with van der Waals surface area (Å²) >= 11 is 0. The van der Waals surface area contributed by atoms with Crippen LogP contribution in [0.5, 0.6) is 0 Å². The molecule has 1 aromatic carbocycles. The van der Waals surface area contributed by atoms with Crippen LogP contribution < -0.4 is 5.32 Å². The highest BCUT2D eigenvalue weighted by Crippen LogP contribution is 2.29. The number of pyridine rings is 1. The van der Waals surface area contributed by atoms with Gasteiger partial charge in [-0.25, -0.2) is 9.97 Å². The van der Waals surface area contributed by atoms with E-state index in [1.807, 2.05) is 31.7 Å². The molecule has 4 heterocycles. The molecule has 0 radical (unpaired) electrons. The first-order valence-electron chi connectivity index (χ1n) is 12.3. The molecule has 1 saturated carbocycles. The number of imidazole rings is 1. The van der Waals surface area contributed by atoms with E-state index in [1.54, 1.807) is 4.68 Å². The molecule has 9 nitrogen and oxygen atoms in total. The van der Waals surface area contributed by atoms with E-state index in [0.717, 1.165) is 73.5 Å². The van der Waals surface area contributed by atoms with Crippen LogP contribution in [0.4, 0.5) is 11.8 Å². The number of amides is 1. The van der Waals surface area contributed by atoms with Crippen molar-refractivity contribution in [1.82, 2.24) is 34.5 Å². The van der Waals surface area contributed by atoms with Gasteiger partial charge in [-0.2, -0.15) is 5.10 Å². The van der Waals surface area contributed by atoms with Gasteiger partial charge in [-0.15, -0.1) is 0 Å². The number of hydrogen-bond acceptors (Lipinski definition) is 6. The van der Waals surface area contributed by atoms with Crippen LogP contribution >= 0.6 is 0 Å². The number of fused-ring (bicyclic) bond motifs is 1. The zero-order chi connectivity index (χ0) is 23.8. The van der Waals surface area contributed by atoms with Crippen molar-refractivity contribution in [2.75, 3.05) is 31.5 Å². The van der Waals surface area contributed by atoms with Crippen LogP contribution in [-0.2, 0) is 18.4 Å². The number of aromatic amines is 1. The third kappa shape index (κ3) is 4.64. The number of H-pyrrole nitrogens is 1. The van der Waals surface area contributed by atoms with Gasteiger partial charge in [-0.3, -0.25) is 14.4 Å². The Kier molecular flexibility index (Phi) is 5.69. The number of piperazine rings is 1. The minimum absolute atomic E-state index is 0.288. The first kappa shape index (κ1) is 21.8. The average Bonchev–Trinajstić information content (AvgIpc) is 3.43. The highest BCUT2D eigenvalue weighted by Gasteiger charge is 2.31. The molecule has 1 saturated heterocycles. The number of aromatic nitrogens is 5. The molecule has 1 amide bonds. The highest BCUT2D eigenvalue weighted by molar-refractivity contribution is 5.83. The Bertz CT molecular complexity index is 1350. The van der Waals surface area contributed by atoms with Crippen LogP contribution in [0.2, 0.25) is 0 Å². The number of hydrogen-bond donors (Lipinski definition) is 2. The maximum absolute atomic E-state index is 12.5. The number of carbonyl (C=O) groups is 1. The first-order chi connectivity index (χ1) is 17.1. The van der Waals surface area contributed by atoms with Gasteiger partial charge in [0.25, 0.3) is 0 Å². The topological polar surface area (TPSA) is 95.0 Å². The fourth-order valence-electron chi connectivity index (χ4n) is 4.88. The lowest BCUT2D eigenvalue weighted by molar-refractivity contribution is -0.140. The maximum Gasteiger partial charge on any atom is 0.225 e. The summed E-state index contributed by atoms with van der Waals surface area (Å²) in [5, 5.41) is 7.57. The van der Waals surface area contributed by atoms with Gasteiger partial charge in [-0.05, 0) is 48.2 Å². The van der Waals surface area contributed by atoms with Gasteiger partial charge in [0, 0.05) is 63.6 Å². The normalized spacial score (nSPS) is 17.0. The van der Waals surface area contributed by atoms with E-state index in [4.69, 9.17) is 0 Å². The smallest absolute Gasteiger partial charge is 0.225 e. The van der Waals surface area contributed by atoms with Crippen molar-refractivity contribution in [2.24, 2.45) is 13.0 Å². The molecule has 0 spiro atoms. The van der Waals surface area contributed by atoms with Crippen LogP contribution in [0, 0.1) is 5.92 Å². The van der Waals surface area contributed by atoms with Crippen molar-refractivity contribution in [3.8, 4) is 11.1 Å². The molecule has 0 unspecified atom stereocenters. The quantitative estimate of drug-likeness (QED) is 0.448. The van der Waals surface area contributed by atoms with Crippen LogP contribution in [0.3, 0.4) is 0 Å². The molecule has 2 aliphatic rings. The number of nitrogens with zero attached hydrogens (tertiary/aromatic N) is 6. The van der Waals surface area contributed by atoms with Gasteiger partial charge in [-0.1, -0.05) is 12.5 Å². The molecule has 4 aromatic rings. The summed E-state index contributed by atoms with van der Waals surface area (Å²) in [7, 11) is 1.92. The molecule has 180 valence electrons. The second-order valence-electron chi connectivity index (χ2n) is 9.62. The van der Waals surface area contributed by atoms with Crippen molar-refractivity contribution >= 4 is 28.7 Å². The summed E-state index contributed by atoms with van der Waals surface area (Å²) in [6.45, 7) is 4.31. The molecule has 9 heteroatoms. The lowest BCUT2D eigenvalue weighted by atomic mass is 9.84. The largest absolute Gasteiger partial charge is 0.340 e. The molecule has 35 heavy (non-hydrogen) atoms. The maximum atomic E-state index is 12.5. The Balaban J connectivity index is 1.09. The summed E-state index contributed by atoms with van der Waals surface area (Å²) < 4.78 is 1.80. The van der Waals surface area contributed by atoms with E-state index in [2.05, 4.69) is 59.4 Å². The molecule has 6 rings (SSSR count). The van der Waals surface area contributed by atoms with E-state index >= 15 is 0 Å². The molecule has 0 atom stereocenters. The second-order valence-corrected chi connectivity index (χ2v) is 9.62. The zero-order valence-corrected chi connectivity index (χ0v) is 19.9. The molecular formula is C26H30N8O. The Morgan fingerprint density at radius 2 is 1.97 bits per heavy atom. The predicted octanol–water partition coefficient (Wildman–Crippen LogP) is 3.55. The molecule has 3 aromatic heterocycles. The second kappa shape index (κ2) is 9.14. The lowest BCUT2D eigenvalue weighted by Gasteiger charge is -2.38. The fraction of sp³-hybridized carbons (Fsp3) is 0.385. The zero-order valence-electron chi connectivity index (χ0n) is 19.9. The number of aryl methyl sites for hydroxylation is 1. The average molecular weight is 471 g/mol. The van der Waals surface area contributed by atoms with Crippen LogP contribution in [0.1, 0.15) is 24.8 Å². The summed E-state index contributed by atoms with van der Waals surface area (Å²) in [4.78, 5) is 29.5. The van der Waals surface area contributed by atoms with Crippen LogP contribution in [-0.4, -0.2) is 66.6 Å². The SMILES string of the molecule is Cn1cc(-c2ccc3nc(Nc4cc(CN5CCN(C(=O)C6CCC6)CC5)ccn4)[nH]c3c2)cn1. The van der Waals surface area contributed by atoms with Gasteiger partial charge < -0.3 is 15.2 Å². The van der Waals surface area contributed by atoms with Crippen LogP contribution in [0.25, 0.3) is 22.2 Å². The van der Waals surface area contributed by atoms with Gasteiger partial charge in [0.15, 0.2) is 0 Å². The molecular weight excluding hydrogens is 440 g/mol. The Morgan fingerprint density at radius 1 is 1.11 bits per heavy atom. The summed E-state index contributed by atoms with van der Waals surface area (Å²) in [5.74, 6) is 2.07. The van der Waals surface area contributed by atoms with Crippen molar-refractivity contribution in [3.05, 3.63) is 54.5 Å². The number of carbonyl (C=O) groups excluding carboxylic acids is 1. The number of nitrogens with one attached hydrogen (secondary N) is 2. The third-order valence-electron chi connectivity index (χ3n) is 7.14. The molecule has 0 bridgehead atoms. The molecule has 1 aliphatic heterocycles. The van der Waals surface area contributed by atoms with Crippen molar-refractivity contribution in [3.63, 3.8) is 0 Å². The van der Waals surface area contributed by atoms with Gasteiger partial charge in [0.05, 0.1) is 17.2 Å². The monoisotopic (exact) mass is 470 g/mol. The predicted molar refractivity (Wildman–Crippen MR) is 135 cm³/mol. The van der Waals surface area contributed by atoms with Crippen molar-refractivity contribution < 1.29 is 4.79 Å². The fourth-order valence-corrected chi connectivity index (χ4v) is 4.88. The Morgan fingerprint density at radius 3 is 2.71 bits per heavy atom. The highest BCUT2D eigenvalue weighted by atomic mass is 16.2.